The van der Waals surface area contributed by atoms with Crippen molar-refractivity contribution in [2.75, 3.05) is 20.3 Å². The second kappa shape index (κ2) is 11.2. The molecule has 2 aromatic carbocycles. The molecule has 0 bridgehead atoms. The van der Waals surface area contributed by atoms with Gasteiger partial charge in [0, 0.05) is 13.2 Å². The van der Waals surface area contributed by atoms with E-state index in [1.807, 2.05) is 61.5 Å². The first-order chi connectivity index (χ1) is 12.7. The fourth-order valence-electron chi connectivity index (χ4n) is 2.60. The Hall–Kier alpha value is -2.43. The highest BCUT2D eigenvalue weighted by molar-refractivity contribution is 5.91. The zero-order valence-electron chi connectivity index (χ0n) is 15.4. The van der Waals surface area contributed by atoms with Gasteiger partial charge in [0.05, 0.1) is 25.4 Å². The monoisotopic (exact) mass is 353 g/mol. The maximum atomic E-state index is 12.3. The Kier molecular flexibility index (Phi) is 8.60. The van der Waals surface area contributed by atoms with Gasteiger partial charge in [-0.15, -0.1) is 0 Å². The third kappa shape index (κ3) is 7.64. The Morgan fingerprint density at radius 2 is 1.69 bits per heavy atom. The molecular weight excluding hydrogens is 326 g/mol. The summed E-state index contributed by atoms with van der Waals surface area (Å²) in [6.45, 7) is 2.92. The van der Waals surface area contributed by atoms with Crippen molar-refractivity contribution in [3.63, 3.8) is 0 Å². The lowest BCUT2D eigenvalue weighted by Crippen LogP contribution is -2.40. The number of rotatable bonds is 10. The second-order valence-corrected chi connectivity index (χ2v) is 6.24. The van der Waals surface area contributed by atoms with Gasteiger partial charge in [-0.2, -0.15) is 0 Å². The number of benzene rings is 2. The highest BCUT2D eigenvalue weighted by Gasteiger charge is 2.14. The van der Waals surface area contributed by atoms with Gasteiger partial charge in [0.15, 0.2) is 0 Å². The van der Waals surface area contributed by atoms with E-state index in [0.29, 0.717) is 19.6 Å². The van der Waals surface area contributed by atoms with Gasteiger partial charge in [0.2, 0.25) is 5.91 Å². The summed E-state index contributed by atoms with van der Waals surface area (Å²) in [4.78, 5) is 12.3. The van der Waals surface area contributed by atoms with Crippen LogP contribution in [-0.2, 0) is 20.7 Å². The standard InChI is InChI=1S/C22H27NO3/c1-18(16-25-2)26-17-21(15-20-11-7-4-8-12-20)23-22(24)14-13-19-9-5-3-6-10-19/h3-14,18,21H,15-17H2,1-2H3,(H,23,24)/b14-13+. The normalized spacial score (nSPS) is 13.5. The molecule has 0 radical (unpaired) electrons. The van der Waals surface area contributed by atoms with Crippen LogP contribution in [0.25, 0.3) is 6.08 Å². The summed E-state index contributed by atoms with van der Waals surface area (Å²) in [5.74, 6) is -0.127. The number of amides is 1. The summed E-state index contributed by atoms with van der Waals surface area (Å²) < 4.78 is 10.9. The van der Waals surface area contributed by atoms with Crippen LogP contribution in [0.4, 0.5) is 0 Å². The molecule has 0 saturated heterocycles. The minimum Gasteiger partial charge on any atom is -0.382 e. The topological polar surface area (TPSA) is 47.6 Å². The average Bonchev–Trinajstić information content (AvgIpc) is 2.66. The van der Waals surface area contributed by atoms with Gasteiger partial charge < -0.3 is 14.8 Å². The van der Waals surface area contributed by atoms with E-state index in [4.69, 9.17) is 9.47 Å². The van der Waals surface area contributed by atoms with Gasteiger partial charge in [-0.3, -0.25) is 4.79 Å². The molecule has 26 heavy (non-hydrogen) atoms. The fourth-order valence-corrected chi connectivity index (χ4v) is 2.60. The first kappa shape index (κ1) is 19.9. The third-order valence-corrected chi connectivity index (χ3v) is 3.88. The van der Waals surface area contributed by atoms with Gasteiger partial charge in [0.25, 0.3) is 0 Å². The molecule has 0 aliphatic rings. The lowest BCUT2D eigenvalue weighted by molar-refractivity contribution is -0.117. The summed E-state index contributed by atoms with van der Waals surface area (Å²) in [5, 5.41) is 3.04. The maximum absolute atomic E-state index is 12.3. The number of methoxy groups -OCH3 is 1. The Morgan fingerprint density at radius 1 is 1.04 bits per heavy atom. The van der Waals surface area contributed by atoms with Crippen LogP contribution in [0.2, 0.25) is 0 Å². The predicted octanol–water partition coefficient (Wildman–Crippen LogP) is 3.48. The Bertz CT molecular complexity index is 670. The second-order valence-electron chi connectivity index (χ2n) is 6.24. The van der Waals surface area contributed by atoms with Crippen LogP contribution in [0.15, 0.2) is 66.7 Å². The Balaban J connectivity index is 1.95. The van der Waals surface area contributed by atoms with E-state index in [1.54, 1.807) is 13.2 Å². The molecule has 1 amide bonds. The van der Waals surface area contributed by atoms with Crippen LogP contribution in [-0.4, -0.2) is 38.4 Å². The molecule has 0 saturated carbocycles. The molecule has 2 atom stereocenters. The molecule has 2 rings (SSSR count). The Morgan fingerprint density at radius 3 is 2.35 bits per heavy atom. The highest BCUT2D eigenvalue weighted by Crippen LogP contribution is 2.06. The summed E-state index contributed by atoms with van der Waals surface area (Å²) in [6.07, 6.45) is 4.07. The number of nitrogens with one attached hydrogen (secondary N) is 1. The van der Waals surface area contributed by atoms with E-state index in [2.05, 4.69) is 17.4 Å². The highest BCUT2D eigenvalue weighted by atomic mass is 16.5. The minimum atomic E-state index is -0.127. The van der Waals surface area contributed by atoms with Crippen molar-refractivity contribution in [3.8, 4) is 0 Å². The largest absolute Gasteiger partial charge is 0.382 e. The molecule has 1 N–H and O–H groups in total. The van der Waals surface area contributed by atoms with Gasteiger partial charge in [-0.05, 0) is 30.5 Å². The third-order valence-electron chi connectivity index (χ3n) is 3.88. The van der Waals surface area contributed by atoms with E-state index in [9.17, 15) is 4.79 Å². The summed E-state index contributed by atoms with van der Waals surface area (Å²) in [7, 11) is 1.65. The molecule has 0 aromatic heterocycles. The van der Waals surface area contributed by atoms with Crippen LogP contribution in [0.1, 0.15) is 18.1 Å². The molecule has 0 aliphatic carbocycles. The van der Waals surface area contributed by atoms with Crippen molar-refractivity contribution in [2.24, 2.45) is 0 Å². The molecular formula is C22H27NO3. The molecule has 0 heterocycles. The first-order valence-corrected chi connectivity index (χ1v) is 8.85. The van der Waals surface area contributed by atoms with Crippen molar-refractivity contribution in [3.05, 3.63) is 77.9 Å². The summed E-state index contributed by atoms with van der Waals surface area (Å²) in [6, 6.07) is 19.7. The molecule has 2 unspecified atom stereocenters. The van der Waals surface area contributed by atoms with E-state index >= 15 is 0 Å². The van der Waals surface area contributed by atoms with Crippen LogP contribution >= 0.6 is 0 Å². The first-order valence-electron chi connectivity index (χ1n) is 8.85. The van der Waals surface area contributed by atoms with Crippen molar-refractivity contribution >= 4 is 12.0 Å². The van der Waals surface area contributed by atoms with Gasteiger partial charge in [-0.1, -0.05) is 60.7 Å². The average molecular weight is 353 g/mol. The van der Waals surface area contributed by atoms with Crippen LogP contribution in [0, 0.1) is 0 Å². The molecule has 4 nitrogen and oxygen atoms in total. The van der Waals surface area contributed by atoms with Crippen LogP contribution in [0.5, 0.6) is 0 Å². The van der Waals surface area contributed by atoms with Crippen LogP contribution < -0.4 is 5.32 Å². The SMILES string of the molecule is COCC(C)OCC(Cc1ccccc1)NC(=O)/C=C/c1ccccc1. The van der Waals surface area contributed by atoms with Crippen LogP contribution in [0.3, 0.4) is 0 Å². The van der Waals surface area contributed by atoms with E-state index in [0.717, 1.165) is 11.1 Å². The fraction of sp³-hybridized carbons (Fsp3) is 0.318. The van der Waals surface area contributed by atoms with Gasteiger partial charge in [0.1, 0.15) is 0 Å². The van der Waals surface area contributed by atoms with E-state index in [-0.39, 0.29) is 18.1 Å². The maximum Gasteiger partial charge on any atom is 0.244 e. The van der Waals surface area contributed by atoms with Gasteiger partial charge >= 0.3 is 0 Å². The zero-order chi connectivity index (χ0) is 18.6. The summed E-state index contributed by atoms with van der Waals surface area (Å²) in [5.41, 5.74) is 2.15. The predicted molar refractivity (Wildman–Crippen MR) is 105 cm³/mol. The number of hydrogen-bond acceptors (Lipinski definition) is 3. The smallest absolute Gasteiger partial charge is 0.244 e. The van der Waals surface area contributed by atoms with Crippen molar-refractivity contribution < 1.29 is 14.3 Å². The number of ether oxygens (including phenoxy) is 2. The van der Waals surface area contributed by atoms with Gasteiger partial charge in [-0.25, -0.2) is 0 Å². The van der Waals surface area contributed by atoms with Crippen molar-refractivity contribution in [2.45, 2.75) is 25.5 Å². The molecule has 0 aliphatic heterocycles. The summed E-state index contributed by atoms with van der Waals surface area (Å²) >= 11 is 0. The number of hydrogen-bond donors (Lipinski definition) is 1. The quantitative estimate of drug-likeness (QED) is 0.665. The molecule has 4 heteroatoms. The molecule has 0 spiro atoms. The number of carbonyl (C=O) groups is 1. The van der Waals surface area contributed by atoms with Crippen molar-refractivity contribution in [1.82, 2.24) is 5.32 Å². The molecule has 0 fully saturated rings. The zero-order valence-corrected chi connectivity index (χ0v) is 15.4. The lowest BCUT2D eigenvalue weighted by atomic mass is 10.1. The van der Waals surface area contributed by atoms with E-state index < -0.39 is 0 Å². The Labute approximate surface area is 155 Å². The molecule has 138 valence electrons. The van der Waals surface area contributed by atoms with E-state index in [1.165, 1.54) is 0 Å². The van der Waals surface area contributed by atoms with Crippen molar-refractivity contribution in [1.29, 1.82) is 0 Å². The minimum absolute atomic E-state index is 0.0185. The lowest BCUT2D eigenvalue weighted by Gasteiger charge is -2.21. The number of carbonyl (C=O) groups excluding carboxylic acids is 1. The molecule has 2 aromatic rings.